The SMILES string of the molecule is O=C(c1ccco1)N1C[C@@H]2C[C@H](C1)c1c(-c3ccc(OC(F)(F)F)cc3)ccc(=O)n1C2. The Labute approximate surface area is 180 Å². The van der Waals surface area contributed by atoms with Crippen LogP contribution in [0.25, 0.3) is 11.1 Å². The van der Waals surface area contributed by atoms with E-state index >= 15 is 0 Å². The number of carbonyl (C=O) groups excluding carboxylic acids is 1. The van der Waals surface area contributed by atoms with Gasteiger partial charge in [0, 0.05) is 42.9 Å². The van der Waals surface area contributed by atoms with Crippen molar-refractivity contribution >= 4 is 5.91 Å². The highest BCUT2D eigenvalue weighted by Crippen LogP contribution is 2.40. The summed E-state index contributed by atoms with van der Waals surface area (Å²) in [5.74, 6) is -0.161. The lowest BCUT2D eigenvalue weighted by Gasteiger charge is -2.43. The Bertz CT molecular complexity index is 1200. The summed E-state index contributed by atoms with van der Waals surface area (Å²) in [7, 11) is 0. The van der Waals surface area contributed by atoms with E-state index in [4.69, 9.17) is 4.42 Å². The van der Waals surface area contributed by atoms with Crippen LogP contribution in [0, 0.1) is 5.92 Å². The first kappa shape index (κ1) is 20.4. The zero-order chi connectivity index (χ0) is 22.5. The van der Waals surface area contributed by atoms with Crippen LogP contribution >= 0.6 is 0 Å². The molecule has 2 atom stereocenters. The molecule has 2 aromatic heterocycles. The maximum atomic E-state index is 12.8. The molecule has 2 bridgehead atoms. The molecule has 32 heavy (non-hydrogen) atoms. The number of furan rings is 1. The fourth-order valence-corrected chi connectivity index (χ4v) is 4.82. The number of pyridine rings is 1. The van der Waals surface area contributed by atoms with Crippen LogP contribution in [0.1, 0.15) is 28.6 Å². The third-order valence-electron chi connectivity index (χ3n) is 6.01. The minimum atomic E-state index is -4.76. The van der Waals surface area contributed by atoms with Crippen LogP contribution in [-0.4, -0.2) is 34.8 Å². The highest BCUT2D eigenvalue weighted by atomic mass is 19.4. The third kappa shape index (κ3) is 3.79. The largest absolute Gasteiger partial charge is 0.573 e. The van der Waals surface area contributed by atoms with Gasteiger partial charge in [-0.1, -0.05) is 12.1 Å². The lowest BCUT2D eigenvalue weighted by molar-refractivity contribution is -0.274. The molecule has 0 radical (unpaired) electrons. The van der Waals surface area contributed by atoms with Crippen molar-refractivity contribution in [3.8, 4) is 16.9 Å². The van der Waals surface area contributed by atoms with Gasteiger partial charge in [-0.05, 0) is 48.2 Å². The second kappa shape index (κ2) is 7.58. The first-order valence-electron chi connectivity index (χ1n) is 10.2. The number of aromatic nitrogens is 1. The van der Waals surface area contributed by atoms with Crippen LogP contribution in [-0.2, 0) is 6.54 Å². The first-order valence-corrected chi connectivity index (χ1v) is 10.2. The second-order valence-corrected chi connectivity index (χ2v) is 8.14. The molecular weight excluding hydrogens is 425 g/mol. The van der Waals surface area contributed by atoms with Gasteiger partial charge < -0.3 is 18.6 Å². The van der Waals surface area contributed by atoms with E-state index in [1.54, 1.807) is 39.8 Å². The summed E-state index contributed by atoms with van der Waals surface area (Å²) in [6.45, 7) is 1.45. The maximum absolute atomic E-state index is 12.8. The van der Waals surface area contributed by atoms with Crippen LogP contribution < -0.4 is 10.3 Å². The molecule has 1 fully saturated rings. The molecule has 9 heteroatoms. The van der Waals surface area contributed by atoms with E-state index in [1.807, 2.05) is 0 Å². The minimum absolute atomic E-state index is 0.0728. The van der Waals surface area contributed by atoms with Crippen molar-refractivity contribution in [3.63, 3.8) is 0 Å². The molecule has 3 aromatic rings. The Morgan fingerprint density at radius 1 is 1.03 bits per heavy atom. The fourth-order valence-electron chi connectivity index (χ4n) is 4.82. The third-order valence-corrected chi connectivity index (χ3v) is 6.01. The number of carbonyl (C=O) groups is 1. The average molecular weight is 444 g/mol. The number of hydrogen-bond donors (Lipinski definition) is 0. The van der Waals surface area contributed by atoms with Gasteiger partial charge in [0.25, 0.3) is 11.5 Å². The summed E-state index contributed by atoms with van der Waals surface area (Å²) in [5, 5.41) is 0. The predicted molar refractivity (Wildman–Crippen MR) is 108 cm³/mol. The molecule has 2 aliphatic heterocycles. The molecule has 1 saturated heterocycles. The highest BCUT2D eigenvalue weighted by Gasteiger charge is 2.38. The summed E-state index contributed by atoms with van der Waals surface area (Å²) in [6.07, 6.45) is -2.48. The van der Waals surface area contributed by atoms with E-state index in [2.05, 4.69) is 4.74 Å². The Morgan fingerprint density at radius 2 is 1.81 bits per heavy atom. The van der Waals surface area contributed by atoms with Gasteiger partial charge in [0.15, 0.2) is 5.76 Å². The molecule has 0 aliphatic carbocycles. The Balaban J connectivity index is 1.49. The number of ether oxygens (including phenoxy) is 1. The normalized spacial score (nSPS) is 20.0. The molecular formula is C23H19F3N2O4. The number of alkyl halides is 3. The van der Waals surface area contributed by atoms with Crippen molar-refractivity contribution in [3.05, 3.63) is 76.6 Å². The molecule has 6 nitrogen and oxygen atoms in total. The zero-order valence-electron chi connectivity index (χ0n) is 16.8. The van der Waals surface area contributed by atoms with Crippen molar-refractivity contribution in [2.75, 3.05) is 13.1 Å². The van der Waals surface area contributed by atoms with E-state index in [-0.39, 0.29) is 34.8 Å². The standard InChI is InChI=1S/C23H19F3N2O4/c24-23(25,26)32-17-5-3-15(4-6-17)18-7-8-20(29)28-12-14-10-16(21(18)28)13-27(11-14)22(30)19-2-1-9-31-19/h1-9,14,16H,10-13H2/t14-,16+/m0/s1. The quantitative estimate of drug-likeness (QED) is 0.606. The summed E-state index contributed by atoms with van der Waals surface area (Å²) < 4.78 is 48.4. The van der Waals surface area contributed by atoms with E-state index in [0.29, 0.717) is 25.2 Å². The van der Waals surface area contributed by atoms with Gasteiger partial charge in [0.2, 0.25) is 0 Å². The smallest absolute Gasteiger partial charge is 0.459 e. The average Bonchev–Trinajstić information content (AvgIpc) is 3.28. The second-order valence-electron chi connectivity index (χ2n) is 8.14. The summed E-state index contributed by atoms with van der Waals surface area (Å²) >= 11 is 0. The molecule has 4 heterocycles. The van der Waals surface area contributed by atoms with Crippen LogP contribution in [0.4, 0.5) is 13.2 Å². The number of benzene rings is 1. The topological polar surface area (TPSA) is 64.7 Å². The van der Waals surface area contributed by atoms with Gasteiger partial charge in [0.05, 0.1) is 6.26 Å². The first-order chi connectivity index (χ1) is 15.3. The molecule has 0 unspecified atom stereocenters. The minimum Gasteiger partial charge on any atom is -0.459 e. The number of nitrogens with zero attached hydrogens (tertiary/aromatic N) is 2. The van der Waals surface area contributed by atoms with Gasteiger partial charge in [-0.15, -0.1) is 13.2 Å². The Kier molecular flexibility index (Phi) is 4.83. The molecule has 2 aliphatic rings. The van der Waals surface area contributed by atoms with Gasteiger partial charge in [-0.3, -0.25) is 9.59 Å². The van der Waals surface area contributed by atoms with Gasteiger partial charge >= 0.3 is 6.36 Å². The van der Waals surface area contributed by atoms with Crippen LogP contribution in [0.3, 0.4) is 0 Å². The fraction of sp³-hybridized carbons (Fsp3) is 0.304. The summed E-state index contributed by atoms with van der Waals surface area (Å²) in [5.41, 5.74) is 2.12. The number of likely N-dealkylation sites (tertiary alicyclic amines) is 1. The van der Waals surface area contributed by atoms with Crippen molar-refractivity contribution in [2.45, 2.75) is 25.2 Å². The number of rotatable bonds is 3. The monoisotopic (exact) mass is 444 g/mol. The van der Waals surface area contributed by atoms with E-state index in [9.17, 15) is 22.8 Å². The highest BCUT2D eigenvalue weighted by molar-refractivity contribution is 5.91. The lowest BCUT2D eigenvalue weighted by Crippen LogP contribution is -2.49. The summed E-state index contributed by atoms with van der Waals surface area (Å²) in [6, 6.07) is 12.1. The van der Waals surface area contributed by atoms with Crippen molar-refractivity contribution in [1.82, 2.24) is 9.47 Å². The number of fused-ring (bicyclic) bond motifs is 4. The molecule has 0 saturated carbocycles. The van der Waals surface area contributed by atoms with Gasteiger partial charge in [-0.25, -0.2) is 0 Å². The number of halogens is 3. The van der Waals surface area contributed by atoms with Crippen LogP contribution in [0.15, 0.2) is 64.0 Å². The molecule has 166 valence electrons. The Hall–Kier alpha value is -3.49. The predicted octanol–water partition coefficient (Wildman–Crippen LogP) is 4.27. The number of hydrogen-bond acceptors (Lipinski definition) is 4. The maximum Gasteiger partial charge on any atom is 0.573 e. The van der Waals surface area contributed by atoms with Gasteiger partial charge in [-0.2, -0.15) is 0 Å². The molecule has 1 aromatic carbocycles. The lowest BCUT2D eigenvalue weighted by atomic mass is 9.80. The number of amides is 1. The molecule has 0 spiro atoms. The Morgan fingerprint density at radius 3 is 2.50 bits per heavy atom. The van der Waals surface area contributed by atoms with Crippen LogP contribution in [0.2, 0.25) is 0 Å². The molecule has 1 amide bonds. The number of piperidine rings is 1. The molecule has 5 rings (SSSR count). The van der Waals surface area contributed by atoms with Crippen molar-refractivity contribution in [2.24, 2.45) is 5.92 Å². The van der Waals surface area contributed by atoms with Crippen molar-refractivity contribution in [1.29, 1.82) is 0 Å². The zero-order valence-corrected chi connectivity index (χ0v) is 16.8. The molecule has 0 N–H and O–H groups in total. The summed E-state index contributed by atoms with van der Waals surface area (Å²) in [4.78, 5) is 27.2. The van der Waals surface area contributed by atoms with E-state index < -0.39 is 6.36 Å². The van der Waals surface area contributed by atoms with E-state index in [0.717, 1.165) is 17.7 Å². The van der Waals surface area contributed by atoms with Gasteiger partial charge in [0.1, 0.15) is 5.75 Å². The van der Waals surface area contributed by atoms with Crippen molar-refractivity contribution < 1.29 is 27.1 Å². The van der Waals surface area contributed by atoms with Crippen LogP contribution in [0.5, 0.6) is 5.75 Å². The van der Waals surface area contributed by atoms with E-state index in [1.165, 1.54) is 24.5 Å².